The monoisotopic (exact) mass is 273 g/mol. The highest BCUT2D eigenvalue weighted by atomic mass is 35.5. The molecule has 0 radical (unpaired) electrons. The molecular formula is C14H8ClNO3. The second kappa shape index (κ2) is 3.65. The molecule has 19 heavy (non-hydrogen) atoms. The molecule has 94 valence electrons. The van der Waals surface area contributed by atoms with Crippen LogP contribution in [0.1, 0.15) is 0 Å². The van der Waals surface area contributed by atoms with E-state index in [0.29, 0.717) is 27.3 Å². The van der Waals surface area contributed by atoms with Crippen LogP contribution in [0.3, 0.4) is 0 Å². The number of H-pyrrole nitrogens is 1. The van der Waals surface area contributed by atoms with E-state index in [0.717, 1.165) is 11.0 Å². The molecule has 5 heteroatoms. The second-order valence-electron chi connectivity index (χ2n) is 4.40. The first-order valence-electron chi connectivity index (χ1n) is 5.77. The van der Waals surface area contributed by atoms with E-state index in [2.05, 4.69) is 4.98 Å². The number of aromatic amines is 1. The maximum Gasteiger partial charge on any atom is 0.231 e. The van der Waals surface area contributed by atoms with Crippen LogP contribution in [0.25, 0.3) is 21.8 Å². The van der Waals surface area contributed by atoms with Crippen LogP contribution in [-0.2, 0) is 0 Å². The van der Waals surface area contributed by atoms with Crippen molar-refractivity contribution in [3.63, 3.8) is 0 Å². The topological polar surface area (TPSA) is 51.3 Å². The summed E-state index contributed by atoms with van der Waals surface area (Å²) in [7, 11) is 0. The quantitative estimate of drug-likeness (QED) is 0.641. The Hall–Kier alpha value is -2.20. The first-order chi connectivity index (χ1) is 9.22. The minimum Gasteiger partial charge on any atom is -0.454 e. The lowest BCUT2D eigenvalue weighted by molar-refractivity contribution is 0.174. The van der Waals surface area contributed by atoms with Gasteiger partial charge in [0, 0.05) is 22.0 Å². The Balaban J connectivity index is 2.19. The molecule has 1 N–H and O–H groups in total. The van der Waals surface area contributed by atoms with Crippen LogP contribution < -0.4 is 14.9 Å². The predicted molar refractivity (Wildman–Crippen MR) is 73.2 cm³/mol. The van der Waals surface area contributed by atoms with Gasteiger partial charge in [0.15, 0.2) is 16.9 Å². The summed E-state index contributed by atoms with van der Waals surface area (Å²) in [4.78, 5) is 15.7. The average molecular weight is 274 g/mol. The molecule has 0 aliphatic carbocycles. The molecule has 1 aromatic heterocycles. The normalized spacial score (nSPS) is 13.3. The molecule has 4 rings (SSSR count). The number of benzene rings is 2. The van der Waals surface area contributed by atoms with E-state index < -0.39 is 0 Å². The van der Waals surface area contributed by atoms with Crippen molar-refractivity contribution in [2.24, 2.45) is 0 Å². The highest BCUT2D eigenvalue weighted by Crippen LogP contribution is 2.35. The molecule has 1 aliphatic rings. The average Bonchev–Trinajstić information content (AvgIpc) is 2.85. The Morgan fingerprint density at radius 3 is 2.58 bits per heavy atom. The zero-order valence-electron chi connectivity index (χ0n) is 9.70. The van der Waals surface area contributed by atoms with Crippen LogP contribution in [0, 0.1) is 0 Å². The third-order valence-corrected chi connectivity index (χ3v) is 3.49. The van der Waals surface area contributed by atoms with Crippen LogP contribution >= 0.6 is 11.6 Å². The summed E-state index contributed by atoms with van der Waals surface area (Å²) in [6.07, 6.45) is 0. The minimum atomic E-state index is -0.0652. The van der Waals surface area contributed by atoms with Gasteiger partial charge in [0.25, 0.3) is 0 Å². The van der Waals surface area contributed by atoms with Crippen LogP contribution in [0.5, 0.6) is 11.5 Å². The molecule has 0 saturated carbocycles. The van der Waals surface area contributed by atoms with Crippen molar-refractivity contribution in [2.75, 3.05) is 6.79 Å². The first-order valence-corrected chi connectivity index (χ1v) is 6.15. The van der Waals surface area contributed by atoms with Gasteiger partial charge in [-0.25, -0.2) is 0 Å². The number of fused-ring (bicyclic) bond motifs is 3. The van der Waals surface area contributed by atoms with E-state index in [9.17, 15) is 4.79 Å². The molecule has 0 bridgehead atoms. The number of halogens is 1. The lowest BCUT2D eigenvalue weighted by Gasteiger charge is -2.04. The van der Waals surface area contributed by atoms with Gasteiger partial charge in [0.05, 0.1) is 10.9 Å². The SMILES string of the molecule is O=c1c2cc(Cl)ccc2[nH]c2cc3c(cc12)OCO3. The van der Waals surface area contributed by atoms with E-state index in [-0.39, 0.29) is 12.2 Å². The summed E-state index contributed by atoms with van der Waals surface area (Å²) in [5.41, 5.74) is 1.41. The Morgan fingerprint density at radius 1 is 1.00 bits per heavy atom. The fourth-order valence-corrected chi connectivity index (χ4v) is 2.51. The number of ether oxygens (including phenoxy) is 2. The molecular weight excluding hydrogens is 266 g/mol. The second-order valence-corrected chi connectivity index (χ2v) is 4.83. The number of aromatic nitrogens is 1. The Bertz CT molecular complexity index is 885. The van der Waals surface area contributed by atoms with Crippen molar-refractivity contribution in [3.05, 3.63) is 45.6 Å². The van der Waals surface area contributed by atoms with E-state index in [4.69, 9.17) is 21.1 Å². The summed E-state index contributed by atoms with van der Waals surface area (Å²) in [5, 5.41) is 1.68. The van der Waals surface area contributed by atoms with Gasteiger partial charge < -0.3 is 14.5 Å². The number of rotatable bonds is 0. The van der Waals surface area contributed by atoms with Crippen molar-refractivity contribution in [1.29, 1.82) is 0 Å². The summed E-state index contributed by atoms with van der Waals surface area (Å²) in [6, 6.07) is 8.70. The summed E-state index contributed by atoms with van der Waals surface area (Å²) in [6.45, 7) is 0.186. The zero-order chi connectivity index (χ0) is 13.0. The Morgan fingerprint density at radius 2 is 1.74 bits per heavy atom. The predicted octanol–water partition coefficient (Wildman–Crippen LogP) is 3.06. The van der Waals surface area contributed by atoms with Crippen molar-refractivity contribution in [2.45, 2.75) is 0 Å². The minimum absolute atomic E-state index is 0.0652. The van der Waals surface area contributed by atoms with Gasteiger partial charge in [-0.05, 0) is 24.3 Å². The van der Waals surface area contributed by atoms with Gasteiger partial charge in [0.2, 0.25) is 6.79 Å². The van der Waals surface area contributed by atoms with Gasteiger partial charge in [-0.2, -0.15) is 0 Å². The fraction of sp³-hybridized carbons (Fsp3) is 0.0714. The van der Waals surface area contributed by atoms with Crippen molar-refractivity contribution in [1.82, 2.24) is 4.98 Å². The fourth-order valence-electron chi connectivity index (χ4n) is 2.34. The maximum absolute atomic E-state index is 12.5. The van der Waals surface area contributed by atoms with Gasteiger partial charge in [-0.3, -0.25) is 4.79 Å². The number of hydrogen-bond donors (Lipinski definition) is 1. The smallest absolute Gasteiger partial charge is 0.231 e. The molecule has 0 amide bonds. The van der Waals surface area contributed by atoms with Gasteiger partial charge >= 0.3 is 0 Å². The lowest BCUT2D eigenvalue weighted by atomic mass is 10.1. The number of nitrogens with one attached hydrogen (secondary N) is 1. The van der Waals surface area contributed by atoms with Crippen molar-refractivity contribution < 1.29 is 9.47 Å². The number of pyridine rings is 1. The summed E-state index contributed by atoms with van der Waals surface area (Å²) in [5.74, 6) is 1.25. The molecule has 1 aliphatic heterocycles. The molecule has 2 aromatic carbocycles. The largest absolute Gasteiger partial charge is 0.454 e. The maximum atomic E-state index is 12.5. The Labute approximate surface area is 112 Å². The number of hydrogen-bond acceptors (Lipinski definition) is 3. The van der Waals surface area contributed by atoms with Crippen LogP contribution in [0.4, 0.5) is 0 Å². The van der Waals surface area contributed by atoms with Crippen LogP contribution in [0.2, 0.25) is 5.02 Å². The summed E-state index contributed by atoms with van der Waals surface area (Å²) >= 11 is 5.94. The lowest BCUT2D eigenvalue weighted by Crippen LogP contribution is -2.04. The molecule has 0 spiro atoms. The molecule has 0 unspecified atom stereocenters. The standard InChI is InChI=1S/C14H8ClNO3/c15-7-1-2-10-8(3-7)14(17)9-4-12-13(19-6-18-12)5-11(9)16-10/h1-5H,6H2,(H,16,17). The molecule has 3 aromatic rings. The molecule has 4 nitrogen and oxygen atoms in total. The third-order valence-electron chi connectivity index (χ3n) is 3.25. The summed E-state index contributed by atoms with van der Waals surface area (Å²) < 4.78 is 10.6. The zero-order valence-corrected chi connectivity index (χ0v) is 10.5. The molecule has 0 fully saturated rings. The van der Waals surface area contributed by atoms with Crippen LogP contribution in [0.15, 0.2) is 35.1 Å². The van der Waals surface area contributed by atoms with E-state index in [1.807, 2.05) is 0 Å². The molecule has 2 heterocycles. The van der Waals surface area contributed by atoms with E-state index >= 15 is 0 Å². The first kappa shape index (κ1) is 10.7. The van der Waals surface area contributed by atoms with Crippen LogP contribution in [-0.4, -0.2) is 11.8 Å². The Kier molecular flexibility index (Phi) is 2.05. The molecule has 0 saturated heterocycles. The van der Waals surface area contributed by atoms with E-state index in [1.54, 1.807) is 30.3 Å². The van der Waals surface area contributed by atoms with Gasteiger partial charge in [-0.1, -0.05) is 11.6 Å². The van der Waals surface area contributed by atoms with E-state index in [1.165, 1.54) is 0 Å². The highest BCUT2D eigenvalue weighted by molar-refractivity contribution is 6.31. The third kappa shape index (κ3) is 1.50. The van der Waals surface area contributed by atoms with Crippen molar-refractivity contribution >= 4 is 33.4 Å². The van der Waals surface area contributed by atoms with Gasteiger partial charge in [-0.15, -0.1) is 0 Å². The highest BCUT2D eigenvalue weighted by Gasteiger charge is 2.16. The van der Waals surface area contributed by atoms with Crippen molar-refractivity contribution in [3.8, 4) is 11.5 Å². The van der Waals surface area contributed by atoms with Gasteiger partial charge in [0.1, 0.15) is 0 Å². The molecule has 0 atom stereocenters.